The third-order valence-corrected chi connectivity index (χ3v) is 23.6. The third-order valence-electron chi connectivity index (χ3n) is 23.6. The van der Waals surface area contributed by atoms with Crippen molar-refractivity contribution in [2.24, 2.45) is 53.3 Å². The van der Waals surface area contributed by atoms with Gasteiger partial charge in [-0.25, -0.2) is 0 Å². The largest absolute Gasteiger partial charge is 0.508 e. The first-order valence-corrected chi connectivity index (χ1v) is 35.8. The van der Waals surface area contributed by atoms with Crippen LogP contribution in [0.15, 0.2) is 127 Å². The SMILES string of the molecule is CCCC1C2CC3CC4C#CC(c5cc(O)c(OC)cc5CCC(=O)C(O)C(=O)C4C2)c2ccccc2C2CC(C#CCC3C3=CCNC(=C3)Nc3ccc4ccc(c(O)c4c3)CC(O)CNCC(C)c3c[nH]c(c3)C3(CCCCC3)C1O)C(Cc1cccc(O)c1)C(C(O)O)C2. The molecule has 1 spiro atoms. The Bertz CT molecular complexity index is 4060. The fraction of sp³-hybridized carbons (Fsp3) is 0.488. The lowest BCUT2D eigenvalue weighted by atomic mass is 9.61. The van der Waals surface area contributed by atoms with Gasteiger partial charge in [0, 0.05) is 90.9 Å². The number of phenols is 3. The Balaban J connectivity index is 1.04. The number of H-pyrrole nitrogens is 1. The number of ether oxygens (including phenoxy) is 1. The molecular weight excluding hydrogens is 1220 g/mol. The van der Waals surface area contributed by atoms with Crippen LogP contribution in [0.5, 0.6) is 23.0 Å². The number of ketones is 2. The molecule has 15 nitrogen and oxygen atoms in total. The predicted octanol–water partition coefficient (Wildman–Crippen LogP) is 11.6. The standard InChI is InChI=1S/C82H96N4O11/c1-4-12-64-57-35-55-34-51-22-25-66(68-43-73(90)74(97-3)39-52(68)23-26-72(89)79(93)78(92)69(51)37-57)65-17-7-6-16-63(65)56-33-50(67(71(38-56)81(95)96)32-48-13-10-15-60(87)31-48)14-11-18-62(55)53-27-30-84-76(41-53)86-59-24-21-49-19-20-54(77(91)70(49)42-59)36-61(88)46-83-44-47(2)58-40-75(85-45-58)82(80(64)94)28-8-5-9-29-82/h6-7,10,13,15-17,19-21,24,27,31,39-43,45,47,50-51,55-57,61-62,64,66-67,69,71,79-81,83-88,90-91,93-96H,4-5,8-9,12,18,23,26,28-30,32-38,44,46H2,1-3H3. The molecule has 12 N–H and O–H groups in total. The molecule has 15 heteroatoms. The molecule has 3 saturated carbocycles. The number of methoxy groups -OCH3 is 1. The van der Waals surface area contributed by atoms with Crippen molar-refractivity contribution in [2.75, 3.05) is 32.1 Å². The summed E-state index contributed by atoms with van der Waals surface area (Å²) < 4.78 is 5.72. The van der Waals surface area contributed by atoms with E-state index < -0.39 is 65.3 Å². The van der Waals surface area contributed by atoms with Crippen molar-refractivity contribution < 1.29 is 55.2 Å². The van der Waals surface area contributed by atoms with Gasteiger partial charge < -0.3 is 66.5 Å². The number of aromatic hydroxyl groups is 3. The molecule has 13 bridgehead atoms. The number of aromatic nitrogens is 1. The van der Waals surface area contributed by atoms with E-state index in [0.29, 0.717) is 92.5 Å². The lowest BCUT2D eigenvalue weighted by Crippen LogP contribution is -2.48. The number of fused-ring (bicyclic) bond motifs is 16. The van der Waals surface area contributed by atoms with E-state index in [9.17, 15) is 45.6 Å². The van der Waals surface area contributed by atoms with Gasteiger partial charge in [-0.2, -0.15) is 0 Å². The van der Waals surface area contributed by atoms with Gasteiger partial charge in [-0.3, -0.25) is 9.59 Å². The maximum atomic E-state index is 15.9. The minimum Gasteiger partial charge on any atom is -0.508 e. The number of aliphatic hydroxyl groups is 5. The summed E-state index contributed by atoms with van der Waals surface area (Å²) >= 11 is 0. The smallest absolute Gasteiger partial charge is 0.173 e. The lowest BCUT2D eigenvalue weighted by molar-refractivity contribution is -0.142. The number of hydrogen-bond acceptors (Lipinski definition) is 14. The molecule has 510 valence electrons. The second kappa shape index (κ2) is 29.3. The van der Waals surface area contributed by atoms with Crippen molar-refractivity contribution in [1.82, 2.24) is 15.6 Å². The summed E-state index contributed by atoms with van der Waals surface area (Å²) in [5.41, 5.74) is 7.70. The van der Waals surface area contributed by atoms with Gasteiger partial charge >= 0.3 is 0 Å². The molecule has 5 aliphatic carbocycles. The fourth-order valence-electron chi connectivity index (χ4n) is 18.5. The molecule has 97 heavy (non-hydrogen) atoms. The van der Waals surface area contributed by atoms with E-state index in [4.69, 9.17) is 4.74 Å². The number of carbonyl (C=O) groups is 2. The number of dihydropyridines is 1. The number of carbonyl (C=O) groups excluding carboxylic acids is 2. The van der Waals surface area contributed by atoms with E-state index >= 15 is 4.79 Å². The molecule has 5 aromatic carbocycles. The number of benzene rings is 5. The van der Waals surface area contributed by atoms with Crippen LogP contribution < -0.4 is 20.7 Å². The summed E-state index contributed by atoms with van der Waals surface area (Å²) in [5, 5.41) is 108. The van der Waals surface area contributed by atoms with E-state index in [0.717, 1.165) is 83.1 Å². The molecule has 7 aliphatic rings. The highest BCUT2D eigenvalue weighted by Crippen LogP contribution is 2.54. The second-order valence-electron chi connectivity index (χ2n) is 29.5. The van der Waals surface area contributed by atoms with Crippen molar-refractivity contribution in [3.8, 4) is 46.7 Å². The number of Topliss-reactive ketones (excluding diaryl/α,β-unsaturated/α-hetero) is 2. The number of phenolic OH excluding ortho intramolecular Hbond substituents is 3. The number of hydrogen-bond donors (Lipinski definition) is 12. The molecule has 0 saturated heterocycles. The molecule has 3 heterocycles. The van der Waals surface area contributed by atoms with Gasteiger partial charge in [0.15, 0.2) is 35.5 Å². The van der Waals surface area contributed by atoms with Crippen LogP contribution >= 0.6 is 0 Å². The van der Waals surface area contributed by atoms with Crippen molar-refractivity contribution in [3.05, 3.63) is 171 Å². The molecule has 0 radical (unpaired) electrons. The molecule has 1 aromatic heterocycles. The van der Waals surface area contributed by atoms with Crippen LogP contribution in [0.4, 0.5) is 5.69 Å². The van der Waals surface area contributed by atoms with Crippen molar-refractivity contribution >= 4 is 28.0 Å². The zero-order valence-corrected chi connectivity index (χ0v) is 56.2. The minimum absolute atomic E-state index is 0.0336. The van der Waals surface area contributed by atoms with Gasteiger partial charge in [0.1, 0.15) is 17.3 Å². The van der Waals surface area contributed by atoms with Crippen molar-refractivity contribution in [3.63, 3.8) is 0 Å². The maximum absolute atomic E-state index is 15.9. The Kier molecular flexibility index (Phi) is 20.4. The summed E-state index contributed by atoms with van der Waals surface area (Å²) in [6.45, 7) is 5.65. The van der Waals surface area contributed by atoms with Crippen LogP contribution in [0.1, 0.15) is 166 Å². The molecule has 15 unspecified atom stereocenters. The van der Waals surface area contributed by atoms with E-state index in [1.54, 1.807) is 24.3 Å². The van der Waals surface area contributed by atoms with E-state index in [1.807, 2.05) is 54.6 Å². The van der Waals surface area contributed by atoms with Crippen LogP contribution in [0.2, 0.25) is 0 Å². The maximum Gasteiger partial charge on any atom is 0.173 e. The van der Waals surface area contributed by atoms with Crippen molar-refractivity contribution in [2.45, 2.75) is 171 Å². The second-order valence-corrected chi connectivity index (χ2v) is 29.5. The first kappa shape index (κ1) is 67.7. The number of aryl methyl sites for hydroxylation is 1. The Morgan fingerprint density at radius 3 is 2.36 bits per heavy atom. The van der Waals surface area contributed by atoms with Crippen LogP contribution in [0.25, 0.3) is 10.8 Å². The summed E-state index contributed by atoms with van der Waals surface area (Å²) in [7, 11) is 1.47. The molecule has 0 amide bonds. The van der Waals surface area contributed by atoms with Gasteiger partial charge in [-0.1, -0.05) is 118 Å². The van der Waals surface area contributed by atoms with Gasteiger partial charge in [0.2, 0.25) is 0 Å². The minimum atomic E-state index is -1.94. The van der Waals surface area contributed by atoms with E-state index in [2.05, 4.69) is 95.0 Å². The number of aromatic amines is 1. The molecule has 15 atom stereocenters. The normalized spacial score (nSPS) is 30.0. The number of aliphatic hydroxyl groups excluding tert-OH is 4. The average Bonchev–Trinajstić information content (AvgIpc) is 1.72. The summed E-state index contributed by atoms with van der Waals surface area (Å²) in [6, 6.07) is 30.6. The van der Waals surface area contributed by atoms with Gasteiger partial charge in [-0.05, 0) is 204 Å². The van der Waals surface area contributed by atoms with Gasteiger partial charge in [0.05, 0.1) is 25.2 Å². The first-order valence-electron chi connectivity index (χ1n) is 35.8. The summed E-state index contributed by atoms with van der Waals surface area (Å²) in [4.78, 5) is 34.5. The molecule has 3 fully saturated rings. The number of anilines is 1. The highest BCUT2D eigenvalue weighted by molar-refractivity contribution is 6.06. The topological polar surface area (TPSA) is 257 Å². The highest BCUT2D eigenvalue weighted by atomic mass is 16.5. The third kappa shape index (κ3) is 14.1. The zero-order valence-electron chi connectivity index (χ0n) is 56.2. The summed E-state index contributed by atoms with van der Waals surface area (Å²) in [6.07, 6.45) is 9.99. The highest BCUT2D eigenvalue weighted by Gasteiger charge is 2.51. The molecular formula is C82H96N4O11. The Labute approximate surface area is 570 Å². The first-order chi connectivity index (χ1) is 47.0. The van der Waals surface area contributed by atoms with Gasteiger partial charge in [-0.15, -0.1) is 5.92 Å². The van der Waals surface area contributed by atoms with E-state index in [1.165, 1.54) is 7.11 Å². The number of β-amino-alcohol motifs (C(OH)–C–C–N with tert-alkyl or cyclic N) is 1. The monoisotopic (exact) mass is 1310 g/mol. The summed E-state index contributed by atoms with van der Waals surface area (Å²) in [5.74, 6) is 9.97. The Hall–Kier alpha value is -7.86. The van der Waals surface area contributed by atoms with Crippen LogP contribution in [0, 0.1) is 76.9 Å². The van der Waals surface area contributed by atoms with Crippen LogP contribution in [-0.2, 0) is 34.3 Å². The number of nitrogens with one attached hydrogen (secondary N) is 4. The number of rotatable bonds is 6. The molecule has 2 aliphatic heterocycles. The van der Waals surface area contributed by atoms with Crippen LogP contribution in [-0.4, -0.2) is 109 Å². The Morgan fingerprint density at radius 1 is 0.753 bits per heavy atom. The Morgan fingerprint density at radius 2 is 1.57 bits per heavy atom. The zero-order chi connectivity index (χ0) is 67.6. The average molecular weight is 1310 g/mol. The molecule has 13 rings (SSSR count). The van der Waals surface area contributed by atoms with Gasteiger partial charge in [0.25, 0.3) is 0 Å². The van der Waals surface area contributed by atoms with Crippen molar-refractivity contribution in [1.29, 1.82) is 0 Å². The van der Waals surface area contributed by atoms with E-state index in [-0.39, 0.29) is 96.0 Å². The molecule has 6 aromatic rings. The quantitative estimate of drug-likeness (QED) is 0.0421. The van der Waals surface area contributed by atoms with Crippen LogP contribution in [0.3, 0.4) is 0 Å². The lowest BCUT2D eigenvalue weighted by Gasteiger charge is -2.46. The fourth-order valence-corrected chi connectivity index (χ4v) is 18.5. The predicted molar refractivity (Wildman–Crippen MR) is 376 cm³/mol. The number of allylic oxidation sites excluding steroid dienone is 2.